The summed E-state index contributed by atoms with van der Waals surface area (Å²) >= 11 is 0. The molecule has 4 aromatic carbocycles. The number of rotatable bonds is 12. The highest BCUT2D eigenvalue weighted by Gasteiger charge is 2.11. The summed E-state index contributed by atoms with van der Waals surface area (Å²) in [6, 6.07) is 28.0. The van der Waals surface area contributed by atoms with Gasteiger partial charge in [-0.1, -0.05) is 87.6 Å². The molecule has 0 aliphatic heterocycles. The van der Waals surface area contributed by atoms with Gasteiger partial charge in [0.25, 0.3) is 5.91 Å². The summed E-state index contributed by atoms with van der Waals surface area (Å²) in [5, 5.41) is 15.8. The van der Waals surface area contributed by atoms with Crippen molar-refractivity contribution in [2.24, 2.45) is 5.10 Å². The van der Waals surface area contributed by atoms with Crippen LogP contribution in [0, 0.1) is 0 Å². The SMILES string of the molecule is CCCCCCCCOc1ccc(-c2cc(C(=O)N/N=C/c3c4ccccc4cc4ccccc34)[nH]n2)cc1. The molecule has 0 atom stereocenters. The molecule has 1 aromatic heterocycles. The Balaban J connectivity index is 1.19. The maximum Gasteiger partial charge on any atom is 0.289 e. The molecule has 0 radical (unpaired) electrons. The van der Waals surface area contributed by atoms with E-state index in [1.54, 1.807) is 12.3 Å². The molecular formula is C33H34N4O2. The number of hydrogen-bond acceptors (Lipinski definition) is 4. The van der Waals surface area contributed by atoms with E-state index in [4.69, 9.17) is 4.74 Å². The molecule has 0 fully saturated rings. The average Bonchev–Trinajstić information content (AvgIpc) is 3.47. The highest BCUT2D eigenvalue weighted by molar-refractivity contribution is 6.13. The number of amides is 1. The Labute approximate surface area is 229 Å². The topological polar surface area (TPSA) is 79.4 Å². The van der Waals surface area contributed by atoms with E-state index in [9.17, 15) is 4.79 Å². The van der Waals surface area contributed by atoms with Gasteiger partial charge in [-0.25, -0.2) is 5.43 Å². The molecular weight excluding hydrogens is 484 g/mol. The van der Waals surface area contributed by atoms with E-state index in [0.29, 0.717) is 11.4 Å². The number of fused-ring (bicyclic) bond motifs is 2. The van der Waals surface area contributed by atoms with Gasteiger partial charge in [-0.2, -0.15) is 10.2 Å². The van der Waals surface area contributed by atoms with Gasteiger partial charge in [0, 0.05) is 11.1 Å². The molecule has 0 saturated carbocycles. The van der Waals surface area contributed by atoms with E-state index >= 15 is 0 Å². The lowest BCUT2D eigenvalue weighted by molar-refractivity contribution is 0.0950. The quantitative estimate of drug-likeness (QED) is 0.0763. The van der Waals surface area contributed by atoms with Gasteiger partial charge in [-0.05, 0) is 64.4 Å². The lowest BCUT2D eigenvalue weighted by Crippen LogP contribution is -2.18. The molecule has 5 rings (SSSR count). The molecule has 6 nitrogen and oxygen atoms in total. The van der Waals surface area contributed by atoms with E-state index in [0.717, 1.165) is 51.4 Å². The first kappa shape index (κ1) is 26.2. The minimum Gasteiger partial charge on any atom is -0.494 e. The lowest BCUT2D eigenvalue weighted by atomic mass is 9.97. The average molecular weight is 519 g/mol. The summed E-state index contributed by atoms with van der Waals surface area (Å²) in [6.07, 6.45) is 9.15. The Morgan fingerprint density at radius 1 is 0.872 bits per heavy atom. The number of aromatic nitrogens is 2. The summed E-state index contributed by atoms with van der Waals surface area (Å²) in [6.45, 7) is 2.96. The van der Waals surface area contributed by atoms with Crippen molar-refractivity contribution in [2.45, 2.75) is 45.4 Å². The van der Waals surface area contributed by atoms with Crippen molar-refractivity contribution < 1.29 is 9.53 Å². The molecule has 198 valence electrons. The highest BCUT2D eigenvalue weighted by atomic mass is 16.5. The third-order valence-electron chi connectivity index (χ3n) is 6.91. The first-order valence-corrected chi connectivity index (χ1v) is 13.8. The number of hydrogen-bond donors (Lipinski definition) is 2. The number of carbonyl (C=O) groups is 1. The number of aromatic amines is 1. The third kappa shape index (κ3) is 6.52. The summed E-state index contributed by atoms with van der Waals surface area (Å²) in [4.78, 5) is 12.8. The van der Waals surface area contributed by atoms with E-state index in [1.807, 2.05) is 48.5 Å². The zero-order valence-electron chi connectivity index (χ0n) is 22.3. The number of H-pyrrole nitrogens is 1. The molecule has 0 bridgehead atoms. The van der Waals surface area contributed by atoms with Crippen molar-refractivity contribution >= 4 is 33.7 Å². The number of nitrogens with zero attached hydrogens (tertiary/aromatic N) is 2. The standard InChI is InChI=1S/C33H34N4O2/c1-2-3-4-5-6-11-20-39-27-18-16-24(17-19-27)31-22-32(36-35-31)33(38)37-34-23-30-28-14-9-7-12-25(28)21-26-13-8-10-15-29(26)30/h7-10,12-19,21-23H,2-6,11,20H2,1H3,(H,35,36)(H,37,38)/b34-23+. The van der Waals surface area contributed by atoms with Gasteiger partial charge in [-0.15, -0.1) is 0 Å². The van der Waals surface area contributed by atoms with Gasteiger partial charge >= 0.3 is 0 Å². The largest absolute Gasteiger partial charge is 0.494 e. The molecule has 39 heavy (non-hydrogen) atoms. The zero-order valence-corrected chi connectivity index (χ0v) is 22.3. The van der Waals surface area contributed by atoms with Crippen molar-refractivity contribution in [3.05, 3.63) is 96.2 Å². The molecule has 0 saturated heterocycles. The first-order valence-electron chi connectivity index (χ1n) is 13.8. The first-order chi connectivity index (χ1) is 19.2. The maximum atomic E-state index is 12.8. The van der Waals surface area contributed by atoms with Gasteiger partial charge < -0.3 is 4.74 Å². The van der Waals surface area contributed by atoms with Gasteiger partial charge in [0.15, 0.2) is 0 Å². The molecule has 6 heteroatoms. The van der Waals surface area contributed by atoms with Crippen molar-refractivity contribution in [1.29, 1.82) is 0 Å². The van der Waals surface area contributed by atoms with Crippen LogP contribution >= 0.6 is 0 Å². The fourth-order valence-corrected chi connectivity index (χ4v) is 4.78. The van der Waals surface area contributed by atoms with Crippen LogP contribution in [0.2, 0.25) is 0 Å². The molecule has 0 aliphatic carbocycles. The van der Waals surface area contributed by atoms with Crippen molar-refractivity contribution in [1.82, 2.24) is 15.6 Å². The maximum absolute atomic E-state index is 12.8. The second-order valence-electron chi connectivity index (χ2n) is 9.74. The fraction of sp³-hybridized carbons (Fsp3) is 0.242. The number of benzene rings is 4. The lowest BCUT2D eigenvalue weighted by Gasteiger charge is -2.07. The monoisotopic (exact) mass is 518 g/mol. The van der Waals surface area contributed by atoms with Crippen molar-refractivity contribution in [3.8, 4) is 17.0 Å². The third-order valence-corrected chi connectivity index (χ3v) is 6.91. The Morgan fingerprint density at radius 2 is 1.54 bits per heavy atom. The Hall–Kier alpha value is -4.45. The van der Waals surface area contributed by atoms with Crippen molar-refractivity contribution in [3.63, 3.8) is 0 Å². The molecule has 0 unspecified atom stereocenters. The Kier molecular flexibility index (Phi) is 8.64. The van der Waals surface area contributed by atoms with E-state index in [-0.39, 0.29) is 5.91 Å². The van der Waals surface area contributed by atoms with Gasteiger partial charge in [0.05, 0.1) is 18.5 Å². The predicted molar refractivity (Wildman–Crippen MR) is 159 cm³/mol. The number of ether oxygens (including phenoxy) is 1. The van der Waals surface area contributed by atoms with Crippen molar-refractivity contribution in [2.75, 3.05) is 6.61 Å². The second kappa shape index (κ2) is 12.9. The van der Waals surface area contributed by atoms with Crippen LogP contribution in [0.3, 0.4) is 0 Å². The van der Waals surface area contributed by atoms with Gasteiger partial charge in [0.1, 0.15) is 11.4 Å². The molecule has 1 amide bonds. The predicted octanol–water partition coefficient (Wildman–Crippen LogP) is 7.89. The number of unbranched alkanes of at least 4 members (excludes halogenated alkanes) is 5. The van der Waals surface area contributed by atoms with Gasteiger partial charge in [-0.3, -0.25) is 9.89 Å². The van der Waals surface area contributed by atoms with Gasteiger partial charge in [0.2, 0.25) is 0 Å². The van der Waals surface area contributed by atoms with E-state index in [1.165, 1.54) is 32.1 Å². The smallest absolute Gasteiger partial charge is 0.289 e. The number of nitrogens with one attached hydrogen (secondary N) is 2. The van der Waals surface area contributed by atoms with E-state index in [2.05, 4.69) is 58.0 Å². The van der Waals surface area contributed by atoms with Crippen LogP contribution in [-0.2, 0) is 0 Å². The molecule has 2 N–H and O–H groups in total. The van der Waals surface area contributed by atoms with Crippen LogP contribution in [0.15, 0.2) is 90.0 Å². The number of carbonyl (C=O) groups excluding carboxylic acids is 1. The summed E-state index contributed by atoms with van der Waals surface area (Å²) in [7, 11) is 0. The Morgan fingerprint density at radius 3 is 2.26 bits per heavy atom. The van der Waals surface area contributed by atoms with Crippen LogP contribution < -0.4 is 10.2 Å². The summed E-state index contributed by atoms with van der Waals surface area (Å²) in [5.41, 5.74) is 5.53. The molecule has 5 aromatic rings. The molecule has 0 aliphatic rings. The second-order valence-corrected chi connectivity index (χ2v) is 9.74. The molecule has 1 heterocycles. The normalized spacial score (nSPS) is 11.4. The van der Waals surface area contributed by atoms with Crippen LogP contribution in [0.1, 0.15) is 61.5 Å². The van der Waals surface area contributed by atoms with Crippen LogP contribution in [0.4, 0.5) is 0 Å². The highest BCUT2D eigenvalue weighted by Crippen LogP contribution is 2.27. The minimum atomic E-state index is -0.353. The fourth-order valence-electron chi connectivity index (χ4n) is 4.78. The van der Waals surface area contributed by atoms with Crippen LogP contribution in [0.25, 0.3) is 32.8 Å². The van der Waals surface area contributed by atoms with Crippen LogP contribution in [0.5, 0.6) is 5.75 Å². The minimum absolute atomic E-state index is 0.341. The summed E-state index contributed by atoms with van der Waals surface area (Å²) < 4.78 is 5.87. The van der Waals surface area contributed by atoms with Crippen LogP contribution in [-0.4, -0.2) is 28.9 Å². The zero-order chi connectivity index (χ0) is 26.9. The Bertz CT molecular complexity index is 1520. The molecule has 0 spiro atoms. The summed E-state index contributed by atoms with van der Waals surface area (Å²) in [5.74, 6) is 0.490. The van der Waals surface area contributed by atoms with E-state index < -0.39 is 0 Å². The number of hydrazone groups is 1.